The number of nitrogens with one attached hydrogen (secondary N) is 3. The molecule has 0 saturated heterocycles. The molecule has 11 heterocycles. The van der Waals surface area contributed by atoms with Gasteiger partial charge in [0.1, 0.15) is 47.2 Å². The number of terminal acetylenes is 9. The Balaban J connectivity index is 0.000000682. The minimum absolute atomic E-state index is 0.0118. The molecule has 0 saturated carbocycles. The molecule has 0 bridgehead atoms. The molecule has 2 aliphatic heterocycles. The summed E-state index contributed by atoms with van der Waals surface area (Å²) in [6.07, 6.45) is 66.5. The highest BCUT2D eigenvalue weighted by molar-refractivity contribution is 5.89. The van der Waals surface area contributed by atoms with Gasteiger partial charge in [-0.05, 0) is 109 Å². The zero-order valence-corrected chi connectivity index (χ0v) is 81.2. The monoisotopic (exact) mass is 1690 g/mol. The molecule has 1 atom stereocenters. The van der Waals surface area contributed by atoms with Gasteiger partial charge in [0.05, 0.1) is 23.3 Å². The molecule has 0 fully saturated rings. The minimum Gasteiger partial charge on any atom is -0.458 e. The van der Waals surface area contributed by atoms with Crippen molar-refractivity contribution in [3.05, 3.63) is 182 Å². The van der Waals surface area contributed by atoms with Crippen molar-refractivity contribution < 1.29 is 27.8 Å². The number of hydrogen-bond donors (Lipinski definition) is 3. The molecule has 11 rings (SSSR count). The summed E-state index contributed by atoms with van der Waals surface area (Å²) in [5.41, 5.74) is 13.1. The van der Waals surface area contributed by atoms with E-state index in [1.165, 1.54) is 6.08 Å². The van der Waals surface area contributed by atoms with E-state index in [-0.39, 0.29) is 77.7 Å². The second-order valence-electron chi connectivity index (χ2n) is 40.7. The van der Waals surface area contributed by atoms with Gasteiger partial charge in [-0.2, -0.15) is 20.4 Å². The average molecular weight is 1690 g/mol. The summed E-state index contributed by atoms with van der Waals surface area (Å²) < 4.78 is 25.4. The summed E-state index contributed by atoms with van der Waals surface area (Å²) in [5, 5.41) is 29.3. The van der Waals surface area contributed by atoms with Gasteiger partial charge in [-0.3, -0.25) is 24.4 Å². The Morgan fingerprint density at radius 2 is 1.06 bits per heavy atom. The SMILES string of the molecule is C#Cc1[nH]ncc1C(C)(C)C.C#Cc1cc(C(C)(C)C)n(C)n1.C#Cc1cc(C(C)(C)C)n[nH]1.C#Cc1cc(C(C)(C)C)on1.C#Cc1nc(C(C)(C)C)cn1C.C#Cc1nc(C(C)(C)C)co1.C#Cc1ncc(C(C)(C)C)[nH]1.C#Cc1nn(C)cc1C(C)(C)C.C#Cc1nocc1C(C)(C)C.CC(C)(C)C1CC=CC(=O)O1.CC(C)(C)N1CCC=CC1=O. The molecule has 1 unspecified atom stereocenters. The van der Waals surface area contributed by atoms with E-state index < -0.39 is 0 Å². The van der Waals surface area contributed by atoms with Gasteiger partial charge in [-0.1, -0.05) is 242 Å². The number of nitrogens with zero attached hydrogens (tertiary/aromatic N) is 13. The van der Waals surface area contributed by atoms with Crippen molar-refractivity contribution in [2.75, 3.05) is 6.54 Å². The lowest BCUT2D eigenvalue weighted by Gasteiger charge is -2.36. The molecule has 9 aromatic heterocycles. The van der Waals surface area contributed by atoms with E-state index in [0.29, 0.717) is 34.6 Å². The van der Waals surface area contributed by atoms with Crippen LogP contribution in [0.25, 0.3) is 0 Å². The van der Waals surface area contributed by atoms with Gasteiger partial charge < -0.3 is 32.7 Å². The van der Waals surface area contributed by atoms with Crippen LogP contribution in [-0.2, 0) is 84.2 Å². The van der Waals surface area contributed by atoms with Crippen molar-refractivity contribution in [1.29, 1.82) is 0 Å². The normalized spacial score (nSPS) is 13.1. The van der Waals surface area contributed by atoms with Crippen LogP contribution in [0.1, 0.15) is 344 Å². The maximum absolute atomic E-state index is 11.3. The number of cyclic esters (lactones) is 1. The number of aromatic nitrogens is 15. The number of aromatic amines is 3. The molecule has 2 aliphatic rings. The molecular formula is C102H140N16O6. The zero-order valence-electron chi connectivity index (χ0n) is 81.2. The number of carbonyl (C=O) groups is 2. The van der Waals surface area contributed by atoms with Gasteiger partial charge >= 0.3 is 5.97 Å². The van der Waals surface area contributed by atoms with Gasteiger partial charge in [-0.25, -0.2) is 19.7 Å². The molecule has 124 heavy (non-hydrogen) atoms. The largest absolute Gasteiger partial charge is 0.458 e. The van der Waals surface area contributed by atoms with Gasteiger partial charge in [0.25, 0.3) is 5.89 Å². The number of oxazole rings is 1. The third kappa shape index (κ3) is 37.8. The van der Waals surface area contributed by atoms with Crippen LogP contribution >= 0.6 is 0 Å². The molecule has 0 radical (unpaired) electrons. The molecule has 22 nitrogen and oxygen atoms in total. The fourth-order valence-corrected chi connectivity index (χ4v) is 10.4. The standard InChI is InChI=1S/3C10H14N2.3C9H12N2.C9H15NO.3C9H11NO.C9H14O2/c1-6-9-11-8(7-12(9)5)10(2,3)4;1-6-9-8(10(2,3)4)7-12(5)11-9;1-6-8-7-9(10(2,3)4)12(5)11-8;1-5-8-10-6-7(11-8)9(2,3)4;1-5-8-7(6-10-11-8)9(2,3)4;1-5-7-6-8(11-10-7)9(2,3)4;1-9(2,3)10-7-5-4-6-8(10)11;1-5-8-10-7(6-11-8)9(2,3)4;1-5-8-7(6-11-10-8)9(2,3)4;1-5-7-6-8(11-10-7)9(2,3)4;1-9(2,3)7-5-4-6-8(10)11-7/h3*1,7H,2-5H3;3*1,6H,2-4H3,(H,10,11);4,6H,5,7H2,1-3H3;3*1,6H,2-4H3;4,6-7H,5H2,1-3H3. The first-order valence-corrected chi connectivity index (χ1v) is 40.8. The highest BCUT2D eigenvalue weighted by Gasteiger charge is 2.30. The second kappa shape index (κ2) is 46.0. The van der Waals surface area contributed by atoms with E-state index in [2.05, 4.69) is 322 Å². The highest BCUT2D eigenvalue weighted by Crippen LogP contribution is 2.31. The summed E-state index contributed by atoms with van der Waals surface area (Å²) >= 11 is 0. The summed E-state index contributed by atoms with van der Waals surface area (Å²) in [7, 11) is 5.72. The van der Waals surface area contributed by atoms with Crippen LogP contribution in [-0.4, -0.2) is 110 Å². The molecular weight excluding hydrogens is 1550 g/mol. The van der Waals surface area contributed by atoms with Crippen molar-refractivity contribution in [3.8, 4) is 111 Å². The molecule has 0 aromatic carbocycles. The molecule has 9 aromatic rings. The third-order valence-electron chi connectivity index (χ3n) is 17.9. The summed E-state index contributed by atoms with van der Waals surface area (Å²) in [5.74, 6) is 24.8. The number of aryl methyl sites for hydroxylation is 3. The van der Waals surface area contributed by atoms with Crippen molar-refractivity contribution >= 4 is 11.9 Å². The topological polar surface area (TPSA) is 264 Å². The molecule has 664 valence electrons. The maximum atomic E-state index is 11.3. The van der Waals surface area contributed by atoms with Gasteiger partial charge in [-0.15, -0.1) is 57.8 Å². The van der Waals surface area contributed by atoms with Crippen molar-refractivity contribution in [3.63, 3.8) is 0 Å². The second-order valence-corrected chi connectivity index (χ2v) is 40.7. The molecule has 3 N–H and O–H groups in total. The van der Waals surface area contributed by atoms with Gasteiger partial charge in [0, 0.05) is 131 Å². The van der Waals surface area contributed by atoms with Crippen LogP contribution in [0.3, 0.4) is 0 Å². The highest BCUT2D eigenvalue weighted by atomic mass is 16.5. The Hall–Kier alpha value is -12.7. The van der Waals surface area contributed by atoms with Crippen LogP contribution in [0, 0.1) is 117 Å². The molecule has 0 aliphatic carbocycles. The van der Waals surface area contributed by atoms with E-state index in [0.717, 1.165) is 87.4 Å². The number of ether oxygens (including phenoxy) is 1. The lowest BCUT2D eigenvalue weighted by Crippen LogP contribution is -2.46. The number of hydrogen-bond acceptors (Lipinski definition) is 15. The quantitative estimate of drug-likeness (QED) is 0.0941. The van der Waals surface area contributed by atoms with E-state index in [1.807, 2.05) is 92.7 Å². The van der Waals surface area contributed by atoms with Crippen LogP contribution in [0.5, 0.6) is 0 Å². The number of H-pyrrole nitrogens is 3. The first-order valence-electron chi connectivity index (χ1n) is 40.8. The van der Waals surface area contributed by atoms with Crippen LogP contribution in [0.2, 0.25) is 0 Å². The molecule has 1 amide bonds. The average Bonchev–Trinajstić information content (AvgIpc) is 1.84. The van der Waals surface area contributed by atoms with E-state index in [9.17, 15) is 9.59 Å². The molecule has 22 heteroatoms. The maximum Gasteiger partial charge on any atom is 0.330 e. The number of amides is 1. The molecule has 0 spiro atoms. The number of esters is 1. The van der Waals surface area contributed by atoms with Crippen molar-refractivity contribution in [2.45, 2.75) is 302 Å². The Labute approximate surface area is 743 Å². The fraction of sp³-hybridized carbons (Fsp3) is 0.500. The number of carbonyl (C=O) groups excluding carboxylic acids is 2. The van der Waals surface area contributed by atoms with Crippen LogP contribution < -0.4 is 0 Å². The third-order valence-corrected chi connectivity index (χ3v) is 17.9. The van der Waals surface area contributed by atoms with Crippen LogP contribution in [0.4, 0.5) is 0 Å². The fourth-order valence-electron chi connectivity index (χ4n) is 10.4. The first-order chi connectivity index (χ1) is 56.6. The van der Waals surface area contributed by atoms with E-state index in [1.54, 1.807) is 41.7 Å². The predicted octanol–water partition coefficient (Wildman–Crippen LogP) is 19.5. The first kappa shape index (κ1) is 109. The Morgan fingerprint density at radius 1 is 0.492 bits per heavy atom. The summed E-state index contributed by atoms with van der Waals surface area (Å²) in [4.78, 5) is 39.5. The predicted molar refractivity (Wildman–Crippen MR) is 503 cm³/mol. The van der Waals surface area contributed by atoms with Gasteiger partial charge in [0.15, 0.2) is 23.0 Å². The van der Waals surface area contributed by atoms with Crippen LogP contribution in [0.15, 0.2) is 93.3 Å². The number of imidazole rings is 2. The summed E-state index contributed by atoms with van der Waals surface area (Å²) in [6, 6.07) is 5.65. The number of rotatable bonds is 0. The van der Waals surface area contributed by atoms with Crippen molar-refractivity contribution in [2.24, 2.45) is 26.6 Å². The Morgan fingerprint density at radius 3 is 1.37 bits per heavy atom. The van der Waals surface area contributed by atoms with E-state index in [4.69, 9.17) is 76.0 Å². The Kier molecular flexibility index (Phi) is 40.6. The lowest BCUT2D eigenvalue weighted by atomic mass is 9.86. The van der Waals surface area contributed by atoms with Gasteiger partial charge in [0.2, 0.25) is 5.91 Å². The smallest absolute Gasteiger partial charge is 0.330 e. The summed E-state index contributed by atoms with van der Waals surface area (Å²) in [6.45, 7) is 69.9. The van der Waals surface area contributed by atoms with Crippen molar-refractivity contribution in [1.82, 2.24) is 79.7 Å². The minimum atomic E-state index is -0.212. The zero-order chi connectivity index (χ0) is 95.9. The van der Waals surface area contributed by atoms with E-state index >= 15 is 0 Å². The Bertz CT molecular complexity index is 5040. The lowest BCUT2D eigenvalue weighted by molar-refractivity contribution is -0.149.